The highest BCUT2D eigenvalue weighted by molar-refractivity contribution is 5.88. The zero-order valence-corrected chi connectivity index (χ0v) is 17.7. The van der Waals surface area contributed by atoms with Crippen LogP contribution in [0, 0.1) is 6.92 Å². The molecule has 0 radical (unpaired) electrons. The van der Waals surface area contributed by atoms with Crippen molar-refractivity contribution in [2.24, 2.45) is 0 Å². The van der Waals surface area contributed by atoms with Crippen molar-refractivity contribution in [1.29, 1.82) is 0 Å². The van der Waals surface area contributed by atoms with Crippen molar-refractivity contribution in [2.75, 3.05) is 17.2 Å². The minimum Gasteiger partial charge on any atom is -0.480 e. The highest BCUT2D eigenvalue weighted by Crippen LogP contribution is 2.26. The maximum Gasteiger partial charge on any atom is 0.322 e. The van der Waals surface area contributed by atoms with Gasteiger partial charge in [0.15, 0.2) is 11.1 Å². The van der Waals surface area contributed by atoms with E-state index in [0.29, 0.717) is 39.6 Å². The summed E-state index contributed by atoms with van der Waals surface area (Å²) in [5, 5.41) is 15.4. The Morgan fingerprint density at radius 3 is 2.52 bits per heavy atom. The van der Waals surface area contributed by atoms with Crippen LogP contribution in [0.1, 0.15) is 12.5 Å². The number of nitrogens with one attached hydrogen (secondary N) is 2. The summed E-state index contributed by atoms with van der Waals surface area (Å²) < 4.78 is 1.78. The molecule has 160 valence electrons. The smallest absolute Gasteiger partial charge is 0.322 e. The maximum atomic E-state index is 13.0. The number of aryl methyl sites for hydroxylation is 1. The molecule has 7 nitrogen and oxygen atoms in total. The van der Waals surface area contributed by atoms with Crippen LogP contribution in [0.3, 0.4) is 0 Å². The number of rotatable bonds is 10. The largest absolute Gasteiger partial charge is 0.480 e. The number of nitrogens with zero attached hydrogens (tertiary/aromatic N) is 2. The number of allylic oxidation sites excluding steroid dienone is 8. The first-order valence-corrected chi connectivity index (χ1v) is 9.57. The molecule has 0 saturated carbocycles. The first kappa shape index (κ1) is 23.2. The van der Waals surface area contributed by atoms with Crippen LogP contribution >= 0.6 is 0 Å². The number of aromatic nitrogens is 2. The van der Waals surface area contributed by atoms with Crippen LogP contribution in [0.5, 0.6) is 0 Å². The van der Waals surface area contributed by atoms with E-state index in [0.717, 1.165) is 0 Å². The molecule has 0 fully saturated rings. The van der Waals surface area contributed by atoms with Gasteiger partial charge in [0, 0.05) is 17.5 Å². The van der Waals surface area contributed by atoms with Crippen molar-refractivity contribution in [3.8, 4) is 0 Å². The fourth-order valence-corrected chi connectivity index (χ4v) is 3.04. The van der Waals surface area contributed by atoms with Gasteiger partial charge in [0.2, 0.25) is 0 Å². The van der Waals surface area contributed by atoms with Gasteiger partial charge >= 0.3 is 5.97 Å². The van der Waals surface area contributed by atoms with Crippen LogP contribution in [0.25, 0.3) is 16.7 Å². The second kappa shape index (κ2) is 10.6. The number of hydrogen-bond acceptors (Lipinski definition) is 5. The minimum atomic E-state index is -1.02. The third-order valence-electron chi connectivity index (χ3n) is 4.26. The second-order valence-corrected chi connectivity index (χ2v) is 6.51. The van der Waals surface area contributed by atoms with Crippen molar-refractivity contribution in [2.45, 2.75) is 13.8 Å². The summed E-state index contributed by atoms with van der Waals surface area (Å²) in [4.78, 5) is 28.5. The highest BCUT2D eigenvalue weighted by Gasteiger charge is 2.16. The molecule has 2 aromatic heterocycles. The fourth-order valence-electron chi connectivity index (χ4n) is 3.04. The predicted molar refractivity (Wildman–Crippen MR) is 128 cm³/mol. The number of carboxylic acids is 1. The molecule has 0 spiro atoms. The van der Waals surface area contributed by atoms with Gasteiger partial charge in [0.25, 0.3) is 0 Å². The van der Waals surface area contributed by atoms with Gasteiger partial charge in [-0.15, -0.1) is 0 Å². The van der Waals surface area contributed by atoms with E-state index in [1.807, 2.05) is 19.1 Å². The summed E-state index contributed by atoms with van der Waals surface area (Å²) in [7, 11) is 0. The summed E-state index contributed by atoms with van der Waals surface area (Å²) in [6.45, 7) is 14.6. The minimum absolute atomic E-state index is 0.219. The van der Waals surface area contributed by atoms with Gasteiger partial charge in [-0.2, -0.15) is 0 Å². The zero-order valence-electron chi connectivity index (χ0n) is 17.7. The monoisotopic (exact) mass is 418 g/mol. The Morgan fingerprint density at radius 1 is 1.23 bits per heavy atom. The molecule has 0 aliphatic heterocycles. The van der Waals surface area contributed by atoms with Crippen LogP contribution in [-0.4, -0.2) is 27.2 Å². The van der Waals surface area contributed by atoms with E-state index in [2.05, 4.69) is 35.4 Å². The van der Waals surface area contributed by atoms with Crippen molar-refractivity contribution < 1.29 is 9.90 Å². The molecule has 0 bridgehead atoms. The molecule has 0 saturated heterocycles. The average molecular weight is 418 g/mol. The quantitative estimate of drug-likeness (QED) is 0.493. The summed E-state index contributed by atoms with van der Waals surface area (Å²) >= 11 is 0. The Balaban J connectivity index is 2.94. The molecular weight excluding hydrogens is 392 g/mol. The van der Waals surface area contributed by atoms with Gasteiger partial charge in [0.05, 0.1) is 5.39 Å². The Hall–Kier alpha value is -4.13. The van der Waals surface area contributed by atoms with E-state index in [4.69, 9.17) is 5.11 Å². The standard InChI is InChI=1S/C24H26N4O3/c1-6-10-17(9-4)26-21-14-19(29)23-16(5)13-20(25-15-22(30)31)27-24(23)28(21)18(11-7-2)12-8-3/h6-14,26H,1-2,4,15H2,3,5H3,(H,25,27)(H,30,31)/b12-8-,17-10+,18-11+. The molecule has 7 heteroatoms. The topological polar surface area (TPSA) is 96.2 Å². The molecule has 31 heavy (non-hydrogen) atoms. The number of aliphatic carboxylic acids is 1. The van der Waals surface area contributed by atoms with E-state index in [1.165, 1.54) is 6.07 Å². The van der Waals surface area contributed by atoms with Crippen molar-refractivity contribution in [1.82, 2.24) is 9.55 Å². The zero-order chi connectivity index (χ0) is 23.0. The van der Waals surface area contributed by atoms with E-state index < -0.39 is 5.97 Å². The van der Waals surface area contributed by atoms with Crippen LogP contribution < -0.4 is 16.1 Å². The molecule has 2 rings (SSSR count). The second-order valence-electron chi connectivity index (χ2n) is 6.51. The Bertz CT molecular complexity index is 1180. The number of carbonyl (C=O) groups is 1. The lowest BCUT2D eigenvalue weighted by molar-refractivity contribution is -0.134. The molecule has 0 amide bonds. The summed E-state index contributed by atoms with van der Waals surface area (Å²) in [5.74, 6) is -0.209. The Morgan fingerprint density at radius 2 is 1.94 bits per heavy atom. The average Bonchev–Trinajstić information content (AvgIpc) is 2.71. The SMILES string of the molecule is C=C/C=C(\C=C)Nc1cc(=O)c2c(C)cc(NCC(=O)O)nc2n1C(/C=C\C)=C/C=C. The van der Waals surface area contributed by atoms with E-state index in [1.54, 1.807) is 47.9 Å². The first-order valence-electron chi connectivity index (χ1n) is 9.57. The molecule has 0 aliphatic rings. The lowest BCUT2D eigenvalue weighted by Crippen LogP contribution is -2.18. The van der Waals surface area contributed by atoms with Crippen LogP contribution in [-0.2, 0) is 4.79 Å². The van der Waals surface area contributed by atoms with Crippen molar-refractivity contribution in [3.63, 3.8) is 0 Å². The lowest BCUT2D eigenvalue weighted by Gasteiger charge is -2.20. The highest BCUT2D eigenvalue weighted by atomic mass is 16.4. The van der Waals surface area contributed by atoms with Gasteiger partial charge < -0.3 is 15.7 Å². The summed E-state index contributed by atoms with van der Waals surface area (Å²) in [6, 6.07) is 3.14. The molecule has 0 aliphatic carbocycles. The molecular formula is C24H26N4O3. The Kier molecular flexibility index (Phi) is 7.91. The van der Waals surface area contributed by atoms with Crippen molar-refractivity contribution in [3.05, 3.63) is 95.9 Å². The van der Waals surface area contributed by atoms with E-state index in [-0.39, 0.29) is 12.0 Å². The van der Waals surface area contributed by atoms with Crippen molar-refractivity contribution >= 4 is 34.3 Å². The van der Waals surface area contributed by atoms with Gasteiger partial charge in [0.1, 0.15) is 18.2 Å². The number of pyridine rings is 2. The first-order chi connectivity index (χ1) is 14.9. The normalized spacial score (nSPS) is 12.1. The number of fused-ring (bicyclic) bond motifs is 1. The molecule has 0 aromatic carbocycles. The number of hydrogen-bond donors (Lipinski definition) is 3. The molecule has 0 atom stereocenters. The molecule has 0 unspecified atom stereocenters. The number of anilines is 2. The fraction of sp³-hybridized carbons (Fsp3) is 0.125. The summed E-state index contributed by atoms with van der Waals surface area (Å²) in [5.41, 5.74) is 2.17. The maximum absolute atomic E-state index is 13.0. The molecule has 3 N–H and O–H groups in total. The molecule has 2 heterocycles. The third kappa shape index (κ3) is 5.48. The lowest BCUT2D eigenvalue weighted by atomic mass is 10.1. The number of carboxylic acid groups (broad SMARTS) is 1. The van der Waals surface area contributed by atoms with Gasteiger partial charge in [-0.05, 0) is 49.8 Å². The van der Waals surface area contributed by atoms with Gasteiger partial charge in [-0.3, -0.25) is 14.2 Å². The van der Waals surface area contributed by atoms with E-state index >= 15 is 0 Å². The Labute approximate surface area is 181 Å². The van der Waals surface area contributed by atoms with Crippen LogP contribution in [0.2, 0.25) is 0 Å². The van der Waals surface area contributed by atoms with E-state index in [9.17, 15) is 9.59 Å². The van der Waals surface area contributed by atoms with Crippen LogP contribution in [0.15, 0.2) is 84.9 Å². The molecule has 2 aromatic rings. The van der Waals surface area contributed by atoms with Gasteiger partial charge in [-0.25, -0.2) is 4.98 Å². The van der Waals surface area contributed by atoms with Gasteiger partial charge in [-0.1, -0.05) is 38.0 Å². The summed E-state index contributed by atoms with van der Waals surface area (Å²) in [6.07, 6.45) is 12.1. The third-order valence-corrected chi connectivity index (χ3v) is 4.26. The predicted octanol–water partition coefficient (Wildman–Crippen LogP) is 4.47. The van der Waals surface area contributed by atoms with Crippen LogP contribution in [0.4, 0.5) is 11.6 Å².